The summed E-state index contributed by atoms with van der Waals surface area (Å²) in [5, 5.41) is 10.4. The molecule has 0 heterocycles. The summed E-state index contributed by atoms with van der Waals surface area (Å²) >= 11 is 0. The molecule has 4 atom stereocenters. The fourth-order valence-corrected chi connectivity index (χ4v) is 3.53. The highest BCUT2D eigenvalue weighted by molar-refractivity contribution is 4.88. The number of rotatable bonds is 8. The van der Waals surface area contributed by atoms with E-state index >= 15 is 0 Å². The lowest BCUT2D eigenvalue weighted by atomic mass is 9.80. The van der Waals surface area contributed by atoms with Gasteiger partial charge in [-0.1, -0.05) is 40.0 Å². The van der Waals surface area contributed by atoms with E-state index in [-0.39, 0.29) is 6.10 Å². The van der Waals surface area contributed by atoms with E-state index in [1.54, 1.807) is 0 Å². The van der Waals surface area contributed by atoms with Gasteiger partial charge >= 0.3 is 0 Å². The molecule has 1 aliphatic rings. The standard InChI is InChI=1S/C17H35NO/c1-5-8-12-18(14(4)7-3)16-13-15(9-6-2)10-11-17(16)19/h14-17,19H,5-13H2,1-4H3. The van der Waals surface area contributed by atoms with Crippen molar-refractivity contribution in [3.63, 3.8) is 0 Å². The van der Waals surface area contributed by atoms with Gasteiger partial charge in [0.1, 0.15) is 0 Å². The summed E-state index contributed by atoms with van der Waals surface area (Å²) in [5.74, 6) is 0.839. The highest BCUT2D eigenvalue weighted by Crippen LogP contribution is 2.32. The lowest BCUT2D eigenvalue weighted by Gasteiger charge is -2.43. The molecule has 2 heteroatoms. The Labute approximate surface area is 120 Å². The molecule has 1 aliphatic carbocycles. The van der Waals surface area contributed by atoms with E-state index in [0.717, 1.165) is 18.9 Å². The van der Waals surface area contributed by atoms with Crippen LogP contribution in [0.3, 0.4) is 0 Å². The third-order valence-corrected chi connectivity index (χ3v) is 4.94. The molecule has 0 saturated heterocycles. The summed E-state index contributed by atoms with van der Waals surface area (Å²) in [4.78, 5) is 2.61. The van der Waals surface area contributed by atoms with Gasteiger partial charge < -0.3 is 5.11 Å². The number of aliphatic hydroxyl groups excluding tert-OH is 1. The topological polar surface area (TPSA) is 23.5 Å². The van der Waals surface area contributed by atoms with Crippen LogP contribution in [0.1, 0.15) is 79.1 Å². The van der Waals surface area contributed by atoms with Crippen molar-refractivity contribution in [2.75, 3.05) is 6.54 Å². The molecule has 1 rings (SSSR count). The minimum atomic E-state index is -0.0982. The lowest BCUT2D eigenvalue weighted by molar-refractivity contribution is -0.0161. The van der Waals surface area contributed by atoms with Crippen molar-refractivity contribution in [1.82, 2.24) is 4.90 Å². The van der Waals surface area contributed by atoms with Crippen LogP contribution in [-0.2, 0) is 0 Å². The number of aliphatic hydroxyl groups is 1. The quantitative estimate of drug-likeness (QED) is 0.713. The summed E-state index contributed by atoms with van der Waals surface area (Å²) in [7, 11) is 0. The largest absolute Gasteiger partial charge is 0.391 e. The average molecular weight is 269 g/mol. The summed E-state index contributed by atoms with van der Waals surface area (Å²) in [5.41, 5.74) is 0. The molecule has 0 aromatic rings. The van der Waals surface area contributed by atoms with Crippen LogP contribution in [0, 0.1) is 5.92 Å². The number of unbranched alkanes of at least 4 members (excludes halogenated alkanes) is 1. The van der Waals surface area contributed by atoms with Gasteiger partial charge in [-0.05, 0) is 51.5 Å². The number of nitrogens with zero attached hydrogens (tertiary/aromatic N) is 1. The Morgan fingerprint density at radius 1 is 1.16 bits per heavy atom. The van der Waals surface area contributed by atoms with Crippen molar-refractivity contribution < 1.29 is 5.11 Å². The molecule has 0 aromatic carbocycles. The fraction of sp³-hybridized carbons (Fsp3) is 1.00. The molecule has 19 heavy (non-hydrogen) atoms. The zero-order valence-corrected chi connectivity index (χ0v) is 13.6. The van der Waals surface area contributed by atoms with E-state index < -0.39 is 0 Å². The van der Waals surface area contributed by atoms with Gasteiger partial charge in [-0.15, -0.1) is 0 Å². The first-order chi connectivity index (χ1) is 9.13. The summed E-state index contributed by atoms with van der Waals surface area (Å²) in [6, 6.07) is 1.01. The summed E-state index contributed by atoms with van der Waals surface area (Å²) < 4.78 is 0. The molecule has 0 aromatic heterocycles. The molecule has 2 nitrogen and oxygen atoms in total. The molecule has 0 radical (unpaired) electrons. The van der Waals surface area contributed by atoms with Crippen LogP contribution in [0.25, 0.3) is 0 Å². The lowest BCUT2D eigenvalue weighted by Crippen LogP contribution is -2.51. The van der Waals surface area contributed by atoms with Crippen LogP contribution in [0.2, 0.25) is 0 Å². The van der Waals surface area contributed by atoms with E-state index in [2.05, 4.69) is 32.6 Å². The fourth-order valence-electron chi connectivity index (χ4n) is 3.53. The highest BCUT2D eigenvalue weighted by Gasteiger charge is 2.34. The van der Waals surface area contributed by atoms with E-state index in [9.17, 15) is 5.11 Å². The van der Waals surface area contributed by atoms with Crippen LogP contribution in [0.4, 0.5) is 0 Å². The first-order valence-electron chi connectivity index (χ1n) is 8.57. The van der Waals surface area contributed by atoms with Crippen molar-refractivity contribution in [2.45, 2.75) is 97.2 Å². The third-order valence-electron chi connectivity index (χ3n) is 4.94. The molecular formula is C17H35NO. The average Bonchev–Trinajstić information content (AvgIpc) is 2.42. The number of hydrogen-bond acceptors (Lipinski definition) is 2. The second-order valence-corrected chi connectivity index (χ2v) is 6.45. The van der Waals surface area contributed by atoms with Crippen molar-refractivity contribution in [2.24, 2.45) is 5.92 Å². The van der Waals surface area contributed by atoms with Crippen molar-refractivity contribution in [3.8, 4) is 0 Å². The molecule has 0 aliphatic heterocycles. The van der Waals surface area contributed by atoms with Crippen LogP contribution < -0.4 is 0 Å². The second-order valence-electron chi connectivity index (χ2n) is 6.45. The molecule has 1 saturated carbocycles. The van der Waals surface area contributed by atoms with Crippen LogP contribution in [0.15, 0.2) is 0 Å². The molecule has 1 N–H and O–H groups in total. The normalized spacial score (nSPS) is 29.7. The Kier molecular flexibility index (Phi) is 8.01. The van der Waals surface area contributed by atoms with Gasteiger partial charge in [0.15, 0.2) is 0 Å². The molecular weight excluding hydrogens is 234 g/mol. The zero-order valence-electron chi connectivity index (χ0n) is 13.6. The smallest absolute Gasteiger partial charge is 0.0695 e. The Morgan fingerprint density at radius 2 is 1.89 bits per heavy atom. The van der Waals surface area contributed by atoms with Gasteiger partial charge in [0.05, 0.1) is 6.10 Å². The molecule has 1 fully saturated rings. The Bertz CT molecular complexity index is 231. The van der Waals surface area contributed by atoms with Gasteiger partial charge in [-0.2, -0.15) is 0 Å². The molecule has 0 spiro atoms. The maximum Gasteiger partial charge on any atom is 0.0695 e. The first-order valence-corrected chi connectivity index (χ1v) is 8.57. The molecule has 4 unspecified atom stereocenters. The number of hydrogen-bond donors (Lipinski definition) is 1. The minimum absolute atomic E-state index is 0.0982. The van der Waals surface area contributed by atoms with E-state index in [4.69, 9.17) is 0 Å². The zero-order chi connectivity index (χ0) is 14.3. The Balaban J connectivity index is 2.67. The van der Waals surface area contributed by atoms with Crippen molar-refractivity contribution >= 4 is 0 Å². The molecule has 0 amide bonds. The predicted molar refractivity (Wildman–Crippen MR) is 83.4 cm³/mol. The minimum Gasteiger partial charge on any atom is -0.391 e. The van der Waals surface area contributed by atoms with Gasteiger partial charge in [-0.3, -0.25) is 4.90 Å². The monoisotopic (exact) mass is 269 g/mol. The van der Waals surface area contributed by atoms with Gasteiger partial charge in [0.25, 0.3) is 0 Å². The summed E-state index contributed by atoms with van der Waals surface area (Å²) in [6.45, 7) is 10.3. The van der Waals surface area contributed by atoms with E-state index in [1.807, 2.05) is 0 Å². The van der Waals surface area contributed by atoms with Gasteiger partial charge in [0.2, 0.25) is 0 Å². The Morgan fingerprint density at radius 3 is 2.47 bits per heavy atom. The van der Waals surface area contributed by atoms with Crippen molar-refractivity contribution in [1.29, 1.82) is 0 Å². The summed E-state index contributed by atoms with van der Waals surface area (Å²) in [6.07, 6.45) is 9.66. The van der Waals surface area contributed by atoms with E-state index in [0.29, 0.717) is 12.1 Å². The van der Waals surface area contributed by atoms with Crippen LogP contribution >= 0.6 is 0 Å². The third kappa shape index (κ3) is 5.07. The highest BCUT2D eigenvalue weighted by atomic mass is 16.3. The van der Waals surface area contributed by atoms with Gasteiger partial charge in [0, 0.05) is 12.1 Å². The maximum absolute atomic E-state index is 10.4. The van der Waals surface area contributed by atoms with Crippen molar-refractivity contribution in [3.05, 3.63) is 0 Å². The molecule has 114 valence electrons. The predicted octanol–water partition coefficient (Wildman–Crippen LogP) is 4.22. The molecule has 0 bridgehead atoms. The Hall–Kier alpha value is -0.0800. The van der Waals surface area contributed by atoms with E-state index in [1.165, 1.54) is 44.9 Å². The van der Waals surface area contributed by atoms with Crippen LogP contribution in [-0.4, -0.2) is 34.7 Å². The van der Waals surface area contributed by atoms with Crippen LogP contribution in [0.5, 0.6) is 0 Å². The maximum atomic E-state index is 10.4. The van der Waals surface area contributed by atoms with Gasteiger partial charge in [-0.25, -0.2) is 0 Å². The SMILES string of the molecule is CCCCN(C(C)CC)C1CC(CCC)CCC1O. The second kappa shape index (κ2) is 8.97. The first kappa shape index (κ1) is 17.0.